The van der Waals surface area contributed by atoms with Crippen molar-refractivity contribution in [2.75, 3.05) is 23.8 Å². The van der Waals surface area contributed by atoms with Crippen molar-refractivity contribution in [1.29, 1.82) is 0 Å². The third kappa shape index (κ3) is 5.32. The molecule has 0 radical (unpaired) electrons. The Balaban J connectivity index is 1.26. The molecule has 0 aliphatic carbocycles. The van der Waals surface area contributed by atoms with Crippen molar-refractivity contribution < 1.29 is 24.2 Å². The normalized spacial score (nSPS) is 12.3. The van der Waals surface area contributed by atoms with Crippen molar-refractivity contribution in [1.82, 2.24) is 19.9 Å². The van der Waals surface area contributed by atoms with Gasteiger partial charge in [-0.05, 0) is 53.6 Å². The van der Waals surface area contributed by atoms with Gasteiger partial charge < -0.3 is 25.5 Å². The van der Waals surface area contributed by atoms with Crippen LogP contribution in [0.25, 0.3) is 22.2 Å². The van der Waals surface area contributed by atoms with E-state index in [0.717, 1.165) is 33.8 Å². The van der Waals surface area contributed by atoms with Gasteiger partial charge in [-0.1, -0.05) is 36.9 Å². The van der Waals surface area contributed by atoms with E-state index in [2.05, 4.69) is 32.2 Å². The number of hydrogen-bond donors (Lipinski definition) is 4. The van der Waals surface area contributed by atoms with Gasteiger partial charge in [0.15, 0.2) is 0 Å². The van der Waals surface area contributed by atoms with Gasteiger partial charge in [0.1, 0.15) is 30.1 Å². The molecular weight excluding hydrogens is 548 g/mol. The zero-order chi connectivity index (χ0) is 29.9. The Morgan fingerprint density at radius 2 is 1.74 bits per heavy atom. The van der Waals surface area contributed by atoms with Gasteiger partial charge in [0, 0.05) is 17.4 Å². The van der Waals surface area contributed by atoms with Crippen LogP contribution in [0.15, 0.2) is 91.9 Å². The van der Waals surface area contributed by atoms with E-state index in [9.17, 15) is 19.5 Å². The second-order valence-electron chi connectivity index (χ2n) is 9.69. The second kappa shape index (κ2) is 11.6. The summed E-state index contributed by atoms with van der Waals surface area (Å²) in [4.78, 5) is 50.8. The van der Waals surface area contributed by atoms with Crippen LogP contribution in [0.2, 0.25) is 0 Å². The molecule has 214 valence electrons. The van der Waals surface area contributed by atoms with Gasteiger partial charge >= 0.3 is 0 Å². The molecule has 11 heteroatoms. The van der Waals surface area contributed by atoms with Gasteiger partial charge in [0.2, 0.25) is 5.91 Å². The smallest absolute Gasteiger partial charge is 0.261 e. The number of amides is 3. The standard InChI is InChI=1S/C32H26N6O5/c1-2-27(40)37-25-15-20(9-12-26(25)43-14-13-39)24-16-33-29-28(24)30(35-18-34-29)36-21-10-7-19(8-11-21)17-38-31(41)22-5-3-4-6-23(22)32(38)42/h2-12,15-16,18,39H,1,13-14,17H2,(H,37,40)(H2,33,34,35,36). The number of carbonyl (C=O) groups is 3. The van der Waals surface area contributed by atoms with Gasteiger partial charge in [0.05, 0.1) is 35.4 Å². The third-order valence-corrected chi connectivity index (χ3v) is 6.99. The largest absolute Gasteiger partial charge is 0.489 e. The van der Waals surface area contributed by atoms with Crippen molar-refractivity contribution in [3.63, 3.8) is 0 Å². The highest BCUT2D eigenvalue weighted by atomic mass is 16.5. The Bertz CT molecular complexity index is 1850. The molecule has 3 aromatic carbocycles. The molecule has 0 spiro atoms. The molecule has 0 unspecified atom stereocenters. The van der Waals surface area contributed by atoms with Crippen LogP contribution in [0.5, 0.6) is 5.75 Å². The van der Waals surface area contributed by atoms with Gasteiger partial charge in [-0.2, -0.15) is 0 Å². The average Bonchev–Trinajstić information content (AvgIpc) is 3.57. The number of aliphatic hydroxyl groups excluding tert-OH is 1. The fourth-order valence-electron chi connectivity index (χ4n) is 4.94. The van der Waals surface area contributed by atoms with E-state index in [1.165, 1.54) is 11.2 Å². The minimum absolute atomic E-state index is 0.0718. The predicted octanol–water partition coefficient (Wildman–Crippen LogP) is 4.66. The van der Waals surface area contributed by atoms with Crippen LogP contribution >= 0.6 is 0 Å². The van der Waals surface area contributed by atoms with E-state index in [1.54, 1.807) is 42.6 Å². The minimum Gasteiger partial charge on any atom is -0.489 e. The summed E-state index contributed by atoms with van der Waals surface area (Å²) in [6.45, 7) is 3.57. The molecule has 1 aliphatic rings. The van der Waals surface area contributed by atoms with Crippen LogP contribution in [0, 0.1) is 0 Å². The first-order valence-corrected chi connectivity index (χ1v) is 13.4. The van der Waals surface area contributed by atoms with Crippen LogP contribution in [-0.4, -0.2) is 55.9 Å². The van der Waals surface area contributed by atoms with Gasteiger partial charge in [-0.3, -0.25) is 19.3 Å². The Kier molecular flexibility index (Phi) is 7.37. The summed E-state index contributed by atoms with van der Waals surface area (Å²) in [6, 6.07) is 19.5. The number of benzene rings is 3. The van der Waals surface area contributed by atoms with E-state index in [1.807, 2.05) is 30.3 Å². The fourth-order valence-corrected chi connectivity index (χ4v) is 4.94. The molecule has 0 saturated heterocycles. The number of fused-ring (bicyclic) bond motifs is 2. The molecular formula is C32H26N6O5. The summed E-state index contributed by atoms with van der Waals surface area (Å²) in [5, 5.41) is 16.0. The van der Waals surface area contributed by atoms with Crippen LogP contribution in [0.1, 0.15) is 26.3 Å². The first kappa shape index (κ1) is 27.4. The number of nitrogens with one attached hydrogen (secondary N) is 3. The maximum Gasteiger partial charge on any atom is 0.261 e. The fraction of sp³-hybridized carbons (Fsp3) is 0.0938. The Labute approximate surface area is 245 Å². The van der Waals surface area contributed by atoms with Gasteiger partial charge in [0.25, 0.3) is 11.8 Å². The summed E-state index contributed by atoms with van der Waals surface area (Å²) in [5.74, 6) is -0.0461. The van der Waals surface area contributed by atoms with Crippen LogP contribution in [-0.2, 0) is 11.3 Å². The van der Waals surface area contributed by atoms with Gasteiger partial charge in [-0.15, -0.1) is 0 Å². The number of rotatable bonds is 10. The molecule has 0 atom stereocenters. The van der Waals surface area contributed by atoms with E-state index < -0.39 is 5.91 Å². The molecule has 6 rings (SSSR count). The first-order valence-electron chi connectivity index (χ1n) is 13.4. The van der Waals surface area contributed by atoms with Crippen molar-refractivity contribution in [3.8, 4) is 16.9 Å². The molecule has 0 saturated carbocycles. The molecule has 2 aromatic heterocycles. The number of ether oxygens (including phenoxy) is 1. The average molecular weight is 575 g/mol. The van der Waals surface area contributed by atoms with Crippen LogP contribution in [0.4, 0.5) is 17.2 Å². The number of aromatic nitrogens is 3. The van der Waals surface area contributed by atoms with E-state index in [0.29, 0.717) is 34.0 Å². The van der Waals surface area contributed by atoms with E-state index in [4.69, 9.17) is 4.74 Å². The summed E-state index contributed by atoms with van der Waals surface area (Å²) in [7, 11) is 0. The third-order valence-electron chi connectivity index (χ3n) is 6.99. The quantitative estimate of drug-likeness (QED) is 0.139. The summed E-state index contributed by atoms with van der Waals surface area (Å²) >= 11 is 0. The van der Waals surface area contributed by atoms with Crippen molar-refractivity contribution in [2.45, 2.75) is 6.54 Å². The lowest BCUT2D eigenvalue weighted by molar-refractivity contribution is -0.111. The maximum atomic E-state index is 12.8. The number of carbonyl (C=O) groups excluding carboxylic acids is 3. The van der Waals surface area contributed by atoms with Crippen LogP contribution in [0.3, 0.4) is 0 Å². The minimum atomic E-state index is -0.401. The lowest BCUT2D eigenvalue weighted by Gasteiger charge is -2.15. The highest BCUT2D eigenvalue weighted by molar-refractivity contribution is 6.21. The molecule has 4 N–H and O–H groups in total. The first-order chi connectivity index (χ1) is 21.0. The molecule has 3 heterocycles. The number of H-pyrrole nitrogens is 1. The number of aromatic amines is 1. The predicted molar refractivity (Wildman–Crippen MR) is 161 cm³/mol. The van der Waals surface area contributed by atoms with Crippen molar-refractivity contribution in [2.24, 2.45) is 0 Å². The zero-order valence-electron chi connectivity index (χ0n) is 22.8. The molecule has 0 fully saturated rings. The molecule has 5 aromatic rings. The Hall–Kier alpha value is -5.81. The Morgan fingerprint density at radius 1 is 1.00 bits per heavy atom. The number of imide groups is 1. The number of hydrogen-bond acceptors (Lipinski definition) is 8. The lowest BCUT2D eigenvalue weighted by atomic mass is 10.0. The zero-order valence-corrected chi connectivity index (χ0v) is 22.8. The molecule has 43 heavy (non-hydrogen) atoms. The number of anilines is 3. The van der Waals surface area contributed by atoms with Crippen LogP contribution < -0.4 is 15.4 Å². The number of nitrogens with zero attached hydrogens (tertiary/aromatic N) is 3. The molecule has 1 aliphatic heterocycles. The second-order valence-corrected chi connectivity index (χ2v) is 9.69. The highest BCUT2D eigenvalue weighted by Crippen LogP contribution is 2.37. The van der Waals surface area contributed by atoms with Crippen molar-refractivity contribution >= 4 is 45.9 Å². The highest BCUT2D eigenvalue weighted by Gasteiger charge is 2.34. The molecule has 3 amide bonds. The molecule has 11 nitrogen and oxygen atoms in total. The summed E-state index contributed by atoms with van der Waals surface area (Å²) in [5.41, 5.74) is 4.95. The topological polar surface area (TPSA) is 150 Å². The van der Waals surface area contributed by atoms with E-state index >= 15 is 0 Å². The monoisotopic (exact) mass is 574 g/mol. The summed E-state index contributed by atoms with van der Waals surface area (Å²) < 4.78 is 5.59. The Morgan fingerprint density at radius 3 is 2.44 bits per heavy atom. The van der Waals surface area contributed by atoms with Crippen molar-refractivity contribution in [3.05, 3.63) is 109 Å². The van der Waals surface area contributed by atoms with E-state index in [-0.39, 0.29) is 31.6 Å². The van der Waals surface area contributed by atoms with Gasteiger partial charge in [-0.25, -0.2) is 9.97 Å². The summed E-state index contributed by atoms with van der Waals surface area (Å²) in [6.07, 6.45) is 4.41. The SMILES string of the molecule is C=CC(=O)Nc1cc(-c2c[nH]c3ncnc(Nc4ccc(CN5C(=O)c6ccccc6C5=O)cc4)c23)ccc1OCCO. The maximum absolute atomic E-state index is 12.8. The lowest BCUT2D eigenvalue weighted by Crippen LogP contribution is -2.29. The number of aliphatic hydroxyl groups is 1. The molecule has 0 bridgehead atoms.